The topological polar surface area (TPSA) is 209 Å². The quantitative estimate of drug-likeness (QED) is 0.141. The van der Waals surface area contributed by atoms with Crippen LogP contribution in [0.4, 0.5) is 0 Å². The summed E-state index contributed by atoms with van der Waals surface area (Å²) in [6.45, 7) is 9.72. The van der Waals surface area contributed by atoms with Gasteiger partial charge in [-0.3, -0.25) is 14.4 Å². The van der Waals surface area contributed by atoms with Crippen molar-refractivity contribution in [2.24, 2.45) is 16.7 Å². The summed E-state index contributed by atoms with van der Waals surface area (Å²) in [4.78, 5) is 51.5. The Labute approximate surface area is 328 Å². The van der Waals surface area contributed by atoms with Crippen LogP contribution in [0.15, 0.2) is 11.1 Å². The number of ether oxygens (including phenoxy) is 3. The van der Waals surface area contributed by atoms with Gasteiger partial charge in [-0.2, -0.15) is 0 Å². The minimum atomic E-state index is -2.17. The molecule has 0 aromatic heterocycles. The first kappa shape index (κ1) is 40.6. The van der Waals surface area contributed by atoms with Crippen LogP contribution in [0.5, 0.6) is 0 Å². The average molecular weight is 1050 g/mol. The fraction of sp³-hybridized carbons (Fsp3) is 0.793. The van der Waals surface area contributed by atoms with Gasteiger partial charge in [-0.15, -0.1) is 0 Å². The molecule has 0 aromatic carbocycles. The maximum atomic E-state index is 14.2. The van der Waals surface area contributed by atoms with E-state index in [0.717, 1.165) is 6.92 Å². The predicted molar refractivity (Wildman–Crippen MR) is 143 cm³/mol. The molecule has 15 heteroatoms. The van der Waals surface area contributed by atoms with E-state index >= 15 is 0 Å². The van der Waals surface area contributed by atoms with Crippen molar-refractivity contribution in [3.8, 4) is 0 Å². The number of hydrogen-bond acceptors (Lipinski definition) is 12. The molecule has 2 saturated carbocycles. The minimum Gasteiger partial charge on any atom is -0.459 e. The fourth-order valence-corrected chi connectivity index (χ4v) is 7.84. The van der Waals surface area contributed by atoms with Crippen molar-refractivity contribution in [3.63, 3.8) is 0 Å². The third-order valence-corrected chi connectivity index (χ3v) is 10.4. The molecule has 3 fully saturated rings. The van der Waals surface area contributed by atoms with Crippen LogP contribution in [-0.2, 0) is 33.4 Å². The molecule has 1 unspecified atom stereocenters. The standard InChI is InChI=1S/C29H43NO12.2Ac/c1-8-15(30-13(3)31)20(34)25(37)42-16-10-29(39)24(41-14(4)32)22-27(7,17(33)9-18-28(22,38)11-40-18)23(36)21(35)19(12(16)2)26(29,5)6;;/h15-18,20-22,24,33-35,38-39H,8-11H2,1-7H3,(H,30,31);;/t15-,16?,17-,18+,20+,21+,22-,24-,27+,28-,29+;;/m0../s1. The van der Waals surface area contributed by atoms with Crippen molar-refractivity contribution in [1.82, 2.24) is 5.32 Å². The third-order valence-electron chi connectivity index (χ3n) is 10.4. The molecule has 4 aliphatic rings. The molecule has 1 heterocycles. The van der Waals surface area contributed by atoms with Crippen LogP contribution in [0.3, 0.4) is 0 Å². The first-order valence-corrected chi connectivity index (χ1v) is 14.3. The third kappa shape index (κ3) is 6.21. The van der Waals surface area contributed by atoms with Gasteiger partial charge in [-0.25, -0.2) is 4.79 Å². The summed E-state index contributed by atoms with van der Waals surface area (Å²) in [6, 6.07) is -0.966. The summed E-state index contributed by atoms with van der Waals surface area (Å²) in [5, 5.41) is 60.6. The fourth-order valence-electron chi connectivity index (χ4n) is 7.84. The van der Waals surface area contributed by atoms with E-state index in [1.807, 2.05) is 0 Å². The second kappa shape index (κ2) is 14.1. The second-order valence-corrected chi connectivity index (χ2v) is 13.0. The molecule has 0 spiro atoms. The molecule has 1 saturated heterocycles. The molecule has 13 nitrogen and oxygen atoms in total. The van der Waals surface area contributed by atoms with Crippen LogP contribution >= 0.6 is 0 Å². The second-order valence-electron chi connectivity index (χ2n) is 13.0. The smallest absolute Gasteiger partial charge is 0.337 e. The minimum absolute atomic E-state index is 0. The molecule has 1 amide bonds. The molecule has 11 atom stereocenters. The summed E-state index contributed by atoms with van der Waals surface area (Å²) in [7, 11) is 0. The van der Waals surface area contributed by atoms with Gasteiger partial charge in [0, 0.05) is 126 Å². The molecule has 0 aromatic rings. The summed E-state index contributed by atoms with van der Waals surface area (Å²) >= 11 is 0. The number of hydrogen-bond donors (Lipinski definition) is 6. The van der Waals surface area contributed by atoms with E-state index in [2.05, 4.69) is 5.32 Å². The Morgan fingerprint density at radius 1 is 1.09 bits per heavy atom. The van der Waals surface area contributed by atoms with Crippen molar-refractivity contribution in [2.75, 3.05) is 6.61 Å². The largest absolute Gasteiger partial charge is 0.459 e. The van der Waals surface area contributed by atoms with Crippen molar-refractivity contribution >= 4 is 23.6 Å². The van der Waals surface area contributed by atoms with Crippen LogP contribution < -0.4 is 5.32 Å². The van der Waals surface area contributed by atoms with Gasteiger partial charge < -0.3 is 45.1 Å². The molecule has 44 heavy (non-hydrogen) atoms. The number of amides is 1. The molecule has 1 aliphatic heterocycles. The van der Waals surface area contributed by atoms with Crippen molar-refractivity contribution in [3.05, 3.63) is 11.1 Å². The molecule has 2 bridgehead atoms. The number of aliphatic hydroxyl groups is 5. The van der Waals surface area contributed by atoms with E-state index in [9.17, 15) is 44.7 Å². The number of esters is 2. The Hall–Kier alpha value is 0.463. The van der Waals surface area contributed by atoms with Gasteiger partial charge in [0.15, 0.2) is 11.9 Å². The van der Waals surface area contributed by atoms with E-state index in [4.69, 9.17) is 14.2 Å². The van der Waals surface area contributed by atoms with Crippen LogP contribution in [0, 0.1) is 105 Å². The van der Waals surface area contributed by atoms with Crippen LogP contribution in [0.25, 0.3) is 0 Å². The van der Waals surface area contributed by atoms with E-state index in [0.29, 0.717) is 0 Å². The first-order valence-electron chi connectivity index (χ1n) is 14.3. The van der Waals surface area contributed by atoms with Crippen molar-refractivity contribution in [1.29, 1.82) is 0 Å². The zero-order valence-corrected chi connectivity index (χ0v) is 35.7. The maximum absolute atomic E-state index is 14.2. The summed E-state index contributed by atoms with van der Waals surface area (Å²) in [6.07, 6.45) is -9.30. The van der Waals surface area contributed by atoms with Crippen LogP contribution in [0.2, 0.25) is 0 Å². The number of carbonyl (C=O) groups excluding carboxylic acids is 4. The van der Waals surface area contributed by atoms with Gasteiger partial charge in [-0.05, 0) is 31.4 Å². The number of carbonyl (C=O) groups is 4. The molecule has 2 radical (unpaired) electrons. The van der Waals surface area contributed by atoms with Gasteiger partial charge in [0.1, 0.15) is 29.5 Å². The number of ketones is 1. The summed E-state index contributed by atoms with van der Waals surface area (Å²) < 4.78 is 16.9. The molecular weight excluding hydrogens is 1010 g/mol. The van der Waals surface area contributed by atoms with Gasteiger partial charge >= 0.3 is 11.9 Å². The monoisotopic (exact) mass is 1050 g/mol. The zero-order valence-electron chi connectivity index (χ0n) is 26.2. The number of fused-ring (bicyclic) bond motifs is 5. The number of aliphatic hydroxyl groups excluding tert-OH is 3. The Balaban J connectivity index is 0.00000337. The van der Waals surface area contributed by atoms with E-state index in [1.165, 1.54) is 20.8 Å². The summed E-state index contributed by atoms with van der Waals surface area (Å²) in [5.41, 5.74) is -7.11. The Kier molecular flexibility index (Phi) is 13.1. The van der Waals surface area contributed by atoms with Crippen molar-refractivity contribution in [2.45, 2.75) is 122 Å². The molecule has 3 aliphatic carbocycles. The van der Waals surface area contributed by atoms with Gasteiger partial charge in [-0.1, -0.05) is 20.8 Å². The Morgan fingerprint density at radius 3 is 2.16 bits per heavy atom. The van der Waals surface area contributed by atoms with E-state index in [-0.39, 0.29) is 119 Å². The Bertz CT molecular complexity index is 1210. The van der Waals surface area contributed by atoms with Crippen LogP contribution in [0.1, 0.15) is 67.7 Å². The zero-order chi connectivity index (χ0) is 31.7. The number of rotatable bonds is 6. The summed E-state index contributed by atoms with van der Waals surface area (Å²) in [5.74, 6) is -4.70. The van der Waals surface area contributed by atoms with Gasteiger partial charge in [0.2, 0.25) is 5.91 Å². The van der Waals surface area contributed by atoms with Gasteiger partial charge in [0.05, 0.1) is 30.3 Å². The van der Waals surface area contributed by atoms with Crippen molar-refractivity contribution < 1.29 is 147 Å². The van der Waals surface area contributed by atoms with E-state index < -0.39 is 101 Å². The molecule has 242 valence electrons. The van der Waals surface area contributed by atoms with Gasteiger partial charge in [0.25, 0.3) is 0 Å². The maximum Gasteiger partial charge on any atom is 0.337 e. The Morgan fingerprint density at radius 2 is 1.68 bits per heavy atom. The number of Topliss-reactive ketones (excluding diaryl/α,β-unsaturated/α-hetero) is 1. The van der Waals surface area contributed by atoms with E-state index in [1.54, 1.807) is 20.8 Å². The molecular formula is C29H43Ac2NO12. The first-order chi connectivity index (χ1) is 19.3. The predicted octanol–water partition coefficient (Wildman–Crippen LogP) is -0.956. The van der Waals surface area contributed by atoms with Crippen LogP contribution in [-0.4, -0.2) is 110 Å². The SMILES string of the molecule is CC[C@H](NC(C)=O)[C@@H](O)C(=O)OC1C[C@@]2(O)[C@@H](OC(C)=O)[C@@H]3[C@]4(O)CO[C@@H]4C[C@H](O)[C@@]3(C)C(=O)[C@H](O)C(=C1C)C2(C)C.[Ac].[Ac]. The average Bonchev–Trinajstić information content (AvgIpc) is 2.89. The normalized spacial score (nSPS) is 40.1. The molecule has 6 N–H and O–H groups in total. The number of nitrogens with one attached hydrogen (secondary N) is 1. The molecule has 4 rings (SSSR count).